The van der Waals surface area contributed by atoms with Crippen molar-refractivity contribution in [3.05, 3.63) is 45.7 Å². The number of rotatable bonds is 1. The maximum Gasteiger partial charge on any atom is 0.258 e. The molecule has 4 nitrogen and oxygen atoms in total. The van der Waals surface area contributed by atoms with Crippen molar-refractivity contribution in [1.29, 1.82) is 0 Å². The van der Waals surface area contributed by atoms with Crippen LogP contribution in [0.5, 0.6) is 0 Å². The van der Waals surface area contributed by atoms with Gasteiger partial charge in [0.1, 0.15) is 0 Å². The molecule has 5 heteroatoms. The number of aliphatic hydroxyl groups is 1. The van der Waals surface area contributed by atoms with E-state index in [0.717, 1.165) is 34.8 Å². The summed E-state index contributed by atoms with van der Waals surface area (Å²) in [4.78, 5) is 18.0. The molecule has 0 radical (unpaired) electrons. The highest BCUT2D eigenvalue weighted by Crippen LogP contribution is 2.43. The van der Waals surface area contributed by atoms with Gasteiger partial charge in [-0.05, 0) is 18.4 Å². The first-order chi connectivity index (χ1) is 11.0. The summed E-state index contributed by atoms with van der Waals surface area (Å²) in [6.45, 7) is 4.64. The third kappa shape index (κ3) is 2.17. The van der Waals surface area contributed by atoms with Crippen LogP contribution in [-0.2, 0) is 18.4 Å². The molecule has 4 rings (SSSR count). The Kier molecular flexibility index (Phi) is 3.39. The van der Waals surface area contributed by atoms with Gasteiger partial charge in [0.05, 0.1) is 23.9 Å². The first-order valence-corrected chi connectivity index (χ1v) is 9.06. The van der Waals surface area contributed by atoms with E-state index in [0.29, 0.717) is 12.3 Å². The Hall–Kier alpha value is -1.59. The number of nitrogens with zero attached hydrogens (tertiary/aromatic N) is 2. The number of aliphatic hydroxyl groups excluding tert-OH is 1. The maximum absolute atomic E-state index is 13.2. The van der Waals surface area contributed by atoms with Gasteiger partial charge >= 0.3 is 0 Å². The Morgan fingerprint density at radius 1 is 1.43 bits per heavy atom. The highest BCUT2D eigenvalue weighted by molar-refractivity contribution is 7.99. The monoisotopic (exact) mass is 328 g/mol. The number of hydrogen-bond acceptors (Lipinski definition) is 4. The van der Waals surface area contributed by atoms with E-state index in [-0.39, 0.29) is 11.0 Å². The van der Waals surface area contributed by atoms with E-state index < -0.39 is 6.10 Å². The first kappa shape index (κ1) is 15.0. The molecule has 2 heterocycles. The van der Waals surface area contributed by atoms with Gasteiger partial charge in [0.15, 0.2) is 5.16 Å². The molecule has 1 N–H and O–H groups in total. The predicted molar refractivity (Wildman–Crippen MR) is 92.0 cm³/mol. The van der Waals surface area contributed by atoms with Crippen LogP contribution in [0, 0.1) is 0 Å². The molecule has 2 atom stereocenters. The third-order valence-electron chi connectivity index (χ3n) is 5.17. The van der Waals surface area contributed by atoms with Crippen LogP contribution in [0.3, 0.4) is 0 Å². The standard InChI is InChI=1S/C18H20N2O2S/c1-3-18(2)8-11-6-4-5-7-13(11)15-14(18)16(22)20-9-12(21)10-23-17(20)19-15/h4-7,12,21H,3,8-10H2,1-2H3. The Balaban J connectivity index is 2.05. The molecule has 0 spiro atoms. The summed E-state index contributed by atoms with van der Waals surface area (Å²) in [5.74, 6) is 0.595. The van der Waals surface area contributed by atoms with Gasteiger partial charge in [-0.25, -0.2) is 4.98 Å². The molecule has 2 aromatic rings. The van der Waals surface area contributed by atoms with Gasteiger partial charge in [-0.2, -0.15) is 0 Å². The smallest absolute Gasteiger partial charge is 0.258 e. The van der Waals surface area contributed by atoms with E-state index in [2.05, 4.69) is 32.0 Å². The van der Waals surface area contributed by atoms with Crippen LogP contribution in [0.4, 0.5) is 0 Å². The highest BCUT2D eigenvalue weighted by Gasteiger charge is 2.38. The fraction of sp³-hybridized carbons (Fsp3) is 0.444. The SMILES string of the molecule is CCC1(C)Cc2ccccc2-c2nc3n(c(=O)c21)CC(O)CS3. The van der Waals surface area contributed by atoms with E-state index in [1.165, 1.54) is 17.3 Å². The maximum atomic E-state index is 13.2. The zero-order chi connectivity index (χ0) is 16.2. The van der Waals surface area contributed by atoms with E-state index >= 15 is 0 Å². The predicted octanol–water partition coefficient (Wildman–Crippen LogP) is 2.60. The quantitative estimate of drug-likeness (QED) is 0.818. The lowest BCUT2D eigenvalue weighted by Crippen LogP contribution is -2.42. The molecule has 1 aromatic carbocycles. The number of fused-ring (bicyclic) bond motifs is 4. The second-order valence-electron chi connectivity index (χ2n) is 6.75. The first-order valence-electron chi connectivity index (χ1n) is 8.08. The second kappa shape index (κ2) is 5.21. The molecule has 2 unspecified atom stereocenters. The minimum atomic E-state index is -0.478. The van der Waals surface area contributed by atoms with Crippen molar-refractivity contribution in [3.63, 3.8) is 0 Å². The molecule has 120 valence electrons. The second-order valence-corrected chi connectivity index (χ2v) is 7.73. The van der Waals surface area contributed by atoms with Crippen LogP contribution in [-0.4, -0.2) is 26.5 Å². The van der Waals surface area contributed by atoms with Crippen LogP contribution in [0.1, 0.15) is 31.4 Å². The van der Waals surface area contributed by atoms with E-state index in [4.69, 9.17) is 4.98 Å². The summed E-state index contributed by atoms with van der Waals surface area (Å²) < 4.78 is 1.67. The Morgan fingerprint density at radius 2 is 2.22 bits per heavy atom. The van der Waals surface area contributed by atoms with Gasteiger partial charge in [0.25, 0.3) is 5.56 Å². The van der Waals surface area contributed by atoms with Crippen LogP contribution in [0.25, 0.3) is 11.3 Å². The minimum absolute atomic E-state index is 0.0232. The van der Waals surface area contributed by atoms with Crippen molar-refractivity contribution in [2.24, 2.45) is 0 Å². The summed E-state index contributed by atoms with van der Waals surface area (Å²) in [6, 6.07) is 8.26. The highest BCUT2D eigenvalue weighted by atomic mass is 32.2. The Morgan fingerprint density at radius 3 is 3.00 bits per heavy atom. The van der Waals surface area contributed by atoms with Crippen LogP contribution in [0.2, 0.25) is 0 Å². The molecule has 1 aliphatic carbocycles. The third-order valence-corrected chi connectivity index (χ3v) is 6.29. The van der Waals surface area contributed by atoms with Crippen molar-refractivity contribution in [2.75, 3.05) is 5.75 Å². The van der Waals surface area contributed by atoms with Crippen LogP contribution < -0.4 is 5.56 Å². The zero-order valence-electron chi connectivity index (χ0n) is 13.4. The fourth-order valence-electron chi connectivity index (χ4n) is 3.70. The topological polar surface area (TPSA) is 55.1 Å². The van der Waals surface area contributed by atoms with Crippen molar-refractivity contribution in [2.45, 2.75) is 49.9 Å². The van der Waals surface area contributed by atoms with Gasteiger partial charge in [-0.15, -0.1) is 0 Å². The molecular formula is C18H20N2O2S. The molecule has 0 amide bonds. The normalized spacial score (nSPS) is 25.4. The van der Waals surface area contributed by atoms with Gasteiger partial charge in [-0.1, -0.05) is 49.9 Å². The molecule has 2 aliphatic rings. The van der Waals surface area contributed by atoms with E-state index in [1.807, 2.05) is 6.07 Å². The van der Waals surface area contributed by atoms with Gasteiger partial charge < -0.3 is 5.11 Å². The van der Waals surface area contributed by atoms with Crippen molar-refractivity contribution in [3.8, 4) is 11.3 Å². The summed E-state index contributed by atoms with van der Waals surface area (Å²) in [5, 5.41) is 10.7. The summed E-state index contributed by atoms with van der Waals surface area (Å²) in [7, 11) is 0. The average molecular weight is 328 g/mol. The number of thioether (sulfide) groups is 1. The lowest BCUT2D eigenvalue weighted by molar-refractivity contribution is 0.166. The van der Waals surface area contributed by atoms with E-state index in [9.17, 15) is 9.90 Å². The van der Waals surface area contributed by atoms with E-state index in [1.54, 1.807) is 4.57 Å². The van der Waals surface area contributed by atoms with Crippen molar-refractivity contribution < 1.29 is 5.11 Å². The van der Waals surface area contributed by atoms with Crippen LogP contribution in [0.15, 0.2) is 34.2 Å². The van der Waals surface area contributed by atoms with Gasteiger partial charge in [0.2, 0.25) is 0 Å². The summed E-state index contributed by atoms with van der Waals surface area (Å²) >= 11 is 1.47. The Bertz CT molecular complexity index is 845. The molecule has 0 saturated heterocycles. The Labute approximate surface area is 139 Å². The molecule has 0 bridgehead atoms. The van der Waals surface area contributed by atoms with Crippen molar-refractivity contribution in [1.82, 2.24) is 9.55 Å². The molecular weight excluding hydrogens is 308 g/mol. The molecule has 23 heavy (non-hydrogen) atoms. The number of hydrogen-bond donors (Lipinski definition) is 1. The number of benzene rings is 1. The lowest BCUT2D eigenvalue weighted by Gasteiger charge is -2.36. The van der Waals surface area contributed by atoms with Gasteiger partial charge in [0, 0.05) is 16.7 Å². The molecule has 0 saturated carbocycles. The molecule has 0 fully saturated rings. The molecule has 1 aromatic heterocycles. The van der Waals surface area contributed by atoms with Crippen molar-refractivity contribution >= 4 is 11.8 Å². The summed E-state index contributed by atoms with van der Waals surface area (Å²) in [6.07, 6.45) is 1.27. The fourth-order valence-corrected chi connectivity index (χ4v) is 4.61. The lowest BCUT2D eigenvalue weighted by atomic mass is 9.69. The average Bonchev–Trinajstić information content (AvgIpc) is 2.55. The summed E-state index contributed by atoms with van der Waals surface area (Å²) in [5.41, 5.74) is 3.83. The zero-order valence-corrected chi connectivity index (χ0v) is 14.2. The number of aromatic nitrogens is 2. The largest absolute Gasteiger partial charge is 0.390 e. The van der Waals surface area contributed by atoms with Gasteiger partial charge in [-0.3, -0.25) is 9.36 Å². The van der Waals surface area contributed by atoms with Crippen LogP contribution >= 0.6 is 11.8 Å². The molecule has 1 aliphatic heterocycles. The minimum Gasteiger partial charge on any atom is -0.390 e.